The number of aryl methyl sites for hydroxylation is 3. The van der Waals surface area contributed by atoms with Crippen LogP contribution in [0, 0.1) is 13.8 Å². The SMILES string of the molecule is Cc1ccc(C)n1NC(=O)C(N)CCc1ccccc1. The molecule has 1 aromatic heterocycles. The Bertz CT molecular complexity index is 555. The van der Waals surface area contributed by atoms with Crippen LogP contribution in [0.2, 0.25) is 0 Å². The van der Waals surface area contributed by atoms with Crippen molar-refractivity contribution in [3.8, 4) is 0 Å². The smallest absolute Gasteiger partial charge is 0.255 e. The standard InChI is InChI=1S/C16H21N3O/c1-12-8-9-13(2)19(12)18-16(20)15(17)11-10-14-6-4-3-5-7-14/h3-9,15H,10-11,17H2,1-2H3,(H,18,20). The van der Waals surface area contributed by atoms with E-state index in [2.05, 4.69) is 5.43 Å². The molecule has 0 saturated heterocycles. The number of nitrogens with zero attached hydrogens (tertiary/aromatic N) is 1. The molecule has 0 aliphatic rings. The fraction of sp³-hybridized carbons (Fsp3) is 0.312. The van der Waals surface area contributed by atoms with E-state index in [1.165, 1.54) is 5.56 Å². The van der Waals surface area contributed by atoms with Crippen molar-refractivity contribution in [2.24, 2.45) is 5.73 Å². The summed E-state index contributed by atoms with van der Waals surface area (Å²) < 4.78 is 1.77. The number of hydrogen-bond acceptors (Lipinski definition) is 2. The van der Waals surface area contributed by atoms with Gasteiger partial charge in [-0.2, -0.15) is 0 Å². The number of rotatable bonds is 5. The first-order chi connectivity index (χ1) is 9.58. The number of carbonyl (C=O) groups is 1. The molecule has 1 unspecified atom stereocenters. The molecule has 0 fully saturated rings. The fourth-order valence-corrected chi connectivity index (χ4v) is 2.14. The van der Waals surface area contributed by atoms with Gasteiger partial charge in [0, 0.05) is 11.4 Å². The lowest BCUT2D eigenvalue weighted by atomic mass is 10.1. The number of carbonyl (C=O) groups excluding carboxylic acids is 1. The summed E-state index contributed by atoms with van der Waals surface area (Å²) in [6, 6.07) is 13.5. The Morgan fingerprint density at radius 3 is 2.35 bits per heavy atom. The number of aromatic nitrogens is 1. The Morgan fingerprint density at radius 2 is 1.75 bits per heavy atom. The summed E-state index contributed by atoms with van der Waals surface area (Å²) in [5, 5.41) is 0. The molecule has 1 amide bonds. The molecule has 0 radical (unpaired) electrons. The minimum atomic E-state index is -0.503. The van der Waals surface area contributed by atoms with Crippen LogP contribution in [0.15, 0.2) is 42.5 Å². The van der Waals surface area contributed by atoms with Crippen LogP contribution >= 0.6 is 0 Å². The molecule has 0 spiro atoms. The third-order valence-electron chi connectivity index (χ3n) is 3.42. The second-order valence-corrected chi connectivity index (χ2v) is 5.06. The van der Waals surface area contributed by atoms with Gasteiger partial charge in [-0.25, -0.2) is 0 Å². The third-order valence-corrected chi connectivity index (χ3v) is 3.42. The summed E-state index contributed by atoms with van der Waals surface area (Å²) in [6.07, 6.45) is 1.44. The third kappa shape index (κ3) is 3.48. The van der Waals surface area contributed by atoms with Crippen LogP contribution in [-0.4, -0.2) is 16.6 Å². The Morgan fingerprint density at radius 1 is 1.15 bits per heavy atom. The van der Waals surface area contributed by atoms with Crippen LogP contribution in [0.3, 0.4) is 0 Å². The second kappa shape index (κ2) is 6.39. The van der Waals surface area contributed by atoms with Gasteiger partial charge in [0.25, 0.3) is 5.91 Å². The predicted molar refractivity (Wildman–Crippen MR) is 81.0 cm³/mol. The summed E-state index contributed by atoms with van der Waals surface area (Å²) in [4.78, 5) is 12.1. The van der Waals surface area contributed by atoms with Gasteiger partial charge in [0.1, 0.15) is 0 Å². The van der Waals surface area contributed by atoms with Gasteiger partial charge in [0.15, 0.2) is 0 Å². The highest BCUT2D eigenvalue weighted by molar-refractivity contribution is 5.88. The maximum atomic E-state index is 12.1. The topological polar surface area (TPSA) is 60.0 Å². The zero-order valence-electron chi connectivity index (χ0n) is 12.0. The quantitative estimate of drug-likeness (QED) is 0.875. The number of benzene rings is 1. The van der Waals surface area contributed by atoms with Gasteiger partial charge in [0.05, 0.1) is 6.04 Å². The largest absolute Gasteiger partial charge is 0.320 e. The van der Waals surface area contributed by atoms with Crippen molar-refractivity contribution >= 4 is 5.91 Å². The van der Waals surface area contributed by atoms with Crippen LogP contribution in [0.4, 0.5) is 0 Å². The minimum absolute atomic E-state index is 0.150. The van der Waals surface area contributed by atoms with Gasteiger partial charge >= 0.3 is 0 Å². The van der Waals surface area contributed by atoms with Gasteiger partial charge in [-0.15, -0.1) is 0 Å². The van der Waals surface area contributed by atoms with Gasteiger partial charge in [-0.05, 0) is 44.4 Å². The molecule has 4 nitrogen and oxygen atoms in total. The zero-order chi connectivity index (χ0) is 14.5. The van der Waals surface area contributed by atoms with Crippen molar-refractivity contribution in [1.29, 1.82) is 0 Å². The highest BCUT2D eigenvalue weighted by atomic mass is 16.2. The predicted octanol–water partition coefficient (Wildman–Crippen LogP) is 2.14. The highest BCUT2D eigenvalue weighted by Crippen LogP contribution is 2.07. The van der Waals surface area contributed by atoms with Crippen molar-refractivity contribution in [3.05, 3.63) is 59.4 Å². The Labute approximate surface area is 119 Å². The van der Waals surface area contributed by atoms with Crippen molar-refractivity contribution in [1.82, 2.24) is 4.68 Å². The first-order valence-electron chi connectivity index (χ1n) is 6.83. The Balaban J connectivity index is 1.89. The average Bonchev–Trinajstić information content (AvgIpc) is 2.77. The summed E-state index contributed by atoms with van der Waals surface area (Å²) >= 11 is 0. The molecule has 4 heteroatoms. The molecule has 0 aliphatic heterocycles. The lowest BCUT2D eigenvalue weighted by Gasteiger charge is -2.15. The molecule has 3 N–H and O–H groups in total. The first kappa shape index (κ1) is 14.3. The maximum absolute atomic E-state index is 12.1. The monoisotopic (exact) mass is 271 g/mol. The second-order valence-electron chi connectivity index (χ2n) is 5.06. The zero-order valence-corrected chi connectivity index (χ0v) is 12.0. The van der Waals surface area contributed by atoms with Gasteiger partial charge in [-0.1, -0.05) is 30.3 Å². The molecule has 0 saturated carbocycles. The molecule has 0 aliphatic carbocycles. The van der Waals surface area contributed by atoms with Gasteiger partial charge in [0.2, 0.25) is 0 Å². The van der Waals surface area contributed by atoms with Crippen molar-refractivity contribution in [3.63, 3.8) is 0 Å². The van der Waals surface area contributed by atoms with E-state index in [0.717, 1.165) is 17.8 Å². The fourth-order valence-electron chi connectivity index (χ4n) is 2.14. The van der Waals surface area contributed by atoms with Crippen LogP contribution in [0.1, 0.15) is 23.4 Å². The summed E-state index contributed by atoms with van der Waals surface area (Å²) in [6.45, 7) is 3.89. The molecule has 20 heavy (non-hydrogen) atoms. The molecule has 1 aromatic carbocycles. The molecule has 0 bridgehead atoms. The van der Waals surface area contributed by atoms with E-state index in [1.807, 2.05) is 56.3 Å². The van der Waals surface area contributed by atoms with E-state index in [9.17, 15) is 4.79 Å². The van der Waals surface area contributed by atoms with E-state index in [-0.39, 0.29) is 5.91 Å². The van der Waals surface area contributed by atoms with Crippen LogP contribution in [0.5, 0.6) is 0 Å². The first-order valence-corrected chi connectivity index (χ1v) is 6.83. The van der Waals surface area contributed by atoms with Gasteiger partial charge < -0.3 is 5.73 Å². The van der Waals surface area contributed by atoms with E-state index in [4.69, 9.17) is 5.73 Å². The molecular weight excluding hydrogens is 250 g/mol. The average molecular weight is 271 g/mol. The molecule has 2 aromatic rings. The van der Waals surface area contributed by atoms with E-state index in [1.54, 1.807) is 4.68 Å². The van der Waals surface area contributed by atoms with E-state index in [0.29, 0.717) is 6.42 Å². The Kier molecular flexibility index (Phi) is 4.58. The normalized spacial score (nSPS) is 12.2. The lowest BCUT2D eigenvalue weighted by molar-refractivity contribution is -0.118. The van der Waals surface area contributed by atoms with Crippen LogP contribution in [-0.2, 0) is 11.2 Å². The van der Waals surface area contributed by atoms with Gasteiger partial charge in [-0.3, -0.25) is 14.9 Å². The van der Waals surface area contributed by atoms with E-state index < -0.39 is 6.04 Å². The molecule has 106 valence electrons. The molecular formula is C16H21N3O. The molecule has 1 heterocycles. The summed E-state index contributed by atoms with van der Waals surface area (Å²) in [7, 11) is 0. The summed E-state index contributed by atoms with van der Waals surface area (Å²) in [5.41, 5.74) is 12.0. The number of hydrogen-bond donors (Lipinski definition) is 2. The molecule has 2 rings (SSSR count). The van der Waals surface area contributed by atoms with Crippen molar-refractivity contribution < 1.29 is 4.79 Å². The number of nitrogens with two attached hydrogens (primary N) is 1. The minimum Gasteiger partial charge on any atom is -0.320 e. The maximum Gasteiger partial charge on any atom is 0.255 e. The number of nitrogens with one attached hydrogen (secondary N) is 1. The molecule has 1 atom stereocenters. The van der Waals surface area contributed by atoms with Crippen molar-refractivity contribution in [2.75, 3.05) is 5.43 Å². The summed E-state index contributed by atoms with van der Waals surface area (Å²) in [5.74, 6) is -0.150. The highest BCUT2D eigenvalue weighted by Gasteiger charge is 2.14. The van der Waals surface area contributed by atoms with Crippen LogP contribution < -0.4 is 11.2 Å². The van der Waals surface area contributed by atoms with Crippen LogP contribution in [0.25, 0.3) is 0 Å². The Hall–Kier alpha value is -2.07. The van der Waals surface area contributed by atoms with Crippen molar-refractivity contribution in [2.45, 2.75) is 32.7 Å². The lowest BCUT2D eigenvalue weighted by Crippen LogP contribution is -2.40. The number of amides is 1. The van der Waals surface area contributed by atoms with E-state index >= 15 is 0 Å².